The number of piperidine rings is 1. The van der Waals surface area contributed by atoms with Crippen molar-refractivity contribution in [1.82, 2.24) is 29.5 Å². The van der Waals surface area contributed by atoms with Crippen LogP contribution in [0, 0.1) is 0 Å². The molecule has 1 aliphatic heterocycles. The van der Waals surface area contributed by atoms with E-state index in [0.717, 1.165) is 11.0 Å². The molecule has 5 rings (SSSR count). The molecule has 0 unspecified atom stereocenters. The number of unbranched alkanes of at least 4 members (excludes halogenated alkanes) is 1. The van der Waals surface area contributed by atoms with Crippen LogP contribution < -0.4 is 10.6 Å². The summed E-state index contributed by atoms with van der Waals surface area (Å²) in [5.74, 6) is -0.543. The monoisotopic (exact) mass is 691 g/mol. The number of aromatic nitrogens is 4. The fraction of sp³-hybridized carbons (Fsp3) is 0.515. The molecule has 1 fully saturated rings. The molecule has 1 aliphatic rings. The summed E-state index contributed by atoms with van der Waals surface area (Å²) in [6, 6.07) is 7.03. The van der Waals surface area contributed by atoms with Gasteiger partial charge in [0.1, 0.15) is 12.7 Å². The molecule has 2 amide bonds. The third-order valence-corrected chi connectivity index (χ3v) is 8.38. The predicted octanol–water partition coefficient (Wildman–Crippen LogP) is 6.13. The van der Waals surface area contributed by atoms with Crippen LogP contribution in [0.2, 0.25) is 0 Å². The van der Waals surface area contributed by atoms with E-state index in [1.165, 1.54) is 17.0 Å². The number of methoxy groups -OCH3 is 1. The summed E-state index contributed by atoms with van der Waals surface area (Å²) < 4.78 is 75.3. The van der Waals surface area contributed by atoms with Gasteiger partial charge in [-0.15, -0.1) is 0 Å². The largest absolute Gasteiger partial charge is 0.449 e. The maximum absolute atomic E-state index is 15.1. The highest BCUT2D eigenvalue weighted by molar-refractivity contribution is 5.96. The van der Waals surface area contributed by atoms with Gasteiger partial charge in [0.15, 0.2) is 0 Å². The van der Waals surface area contributed by atoms with Gasteiger partial charge in [-0.25, -0.2) is 9.18 Å². The third kappa shape index (κ3) is 8.53. The molecule has 2 N–H and O–H groups in total. The van der Waals surface area contributed by atoms with Crippen LogP contribution in [0.25, 0.3) is 22.4 Å². The average molecular weight is 692 g/mol. The number of hydrogen-bond acceptors (Lipinski definition) is 8. The highest BCUT2D eigenvalue weighted by Gasteiger charge is 2.34. The van der Waals surface area contributed by atoms with Gasteiger partial charge < -0.3 is 38.7 Å². The number of fused-ring (bicyclic) bond motifs is 1. The van der Waals surface area contributed by atoms with E-state index in [1.54, 1.807) is 37.7 Å². The molecular formula is C33H41F4N7O5. The number of alkyl halides is 4. The number of nitrogens with zero attached hydrogens (tertiary/aromatic N) is 5. The lowest BCUT2D eigenvalue weighted by Crippen LogP contribution is -2.51. The highest BCUT2D eigenvalue weighted by Crippen LogP contribution is 2.35. The molecule has 1 saturated heterocycles. The lowest BCUT2D eigenvalue weighted by Gasteiger charge is -2.35. The van der Waals surface area contributed by atoms with E-state index >= 15 is 4.39 Å². The van der Waals surface area contributed by atoms with Crippen molar-refractivity contribution in [2.24, 2.45) is 0 Å². The van der Waals surface area contributed by atoms with E-state index in [1.807, 2.05) is 25.3 Å². The summed E-state index contributed by atoms with van der Waals surface area (Å²) in [4.78, 5) is 31.1. The molecule has 49 heavy (non-hydrogen) atoms. The van der Waals surface area contributed by atoms with E-state index in [0.29, 0.717) is 29.7 Å². The van der Waals surface area contributed by atoms with E-state index in [-0.39, 0.29) is 61.1 Å². The molecule has 0 spiro atoms. The number of nitrogens with one attached hydrogen (secondary N) is 2. The molecule has 0 bridgehead atoms. The van der Waals surface area contributed by atoms with Gasteiger partial charge in [0, 0.05) is 43.7 Å². The van der Waals surface area contributed by atoms with Gasteiger partial charge in [0.05, 0.1) is 48.1 Å². The Bertz CT molecular complexity index is 1750. The quantitative estimate of drug-likeness (QED) is 0.127. The first-order chi connectivity index (χ1) is 23.3. The summed E-state index contributed by atoms with van der Waals surface area (Å²) in [5.41, 5.74) is 0.608. The van der Waals surface area contributed by atoms with Crippen LogP contribution in [-0.4, -0.2) is 88.0 Å². The lowest BCUT2D eigenvalue weighted by atomic mass is 10.0. The van der Waals surface area contributed by atoms with Gasteiger partial charge in [-0.05, 0) is 51.0 Å². The van der Waals surface area contributed by atoms with Crippen molar-refractivity contribution in [3.8, 4) is 11.5 Å². The van der Waals surface area contributed by atoms with Gasteiger partial charge in [-0.1, -0.05) is 24.6 Å². The molecule has 0 saturated carbocycles. The van der Waals surface area contributed by atoms with E-state index < -0.39 is 36.9 Å². The number of carbonyl (C=O) groups excluding carboxylic acids is 2. The zero-order valence-corrected chi connectivity index (χ0v) is 27.8. The molecule has 0 aliphatic carbocycles. The first kappa shape index (κ1) is 35.7. The number of halogens is 4. The van der Waals surface area contributed by atoms with Crippen LogP contribution in [0.15, 0.2) is 47.2 Å². The van der Waals surface area contributed by atoms with Crippen molar-refractivity contribution >= 4 is 28.6 Å². The van der Waals surface area contributed by atoms with Crippen LogP contribution in [0.3, 0.4) is 0 Å². The Balaban J connectivity index is 1.35. The predicted molar refractivity (Wildman–Crippen MR) is 173 cm³/mol. The van der Waals surface area contributed by atoms with Gasteiger partial charge >= 0.3 is 12.3 Å². The smallest absolute Gasteiger partial charge is 0.409 e. The van der Waals surface area contributed by atoms with Gasteiger partial charge in [-0.3, -0.25) is 4.79 Å². The average Bonchev–Trinajstić information content (AvgIpc) is 3.80. The zero-order valence-electron chi connectivity index (χ0n) is 27.8. The molecule has 4 aromatic rings. The summed E-state index contributed by atoms with van der Waals surface area (Å²) in [5, 5.41) is 10.1. The summed E-state index contributed by atoms with van der Waals surface area (Å²) in [7, 11) is 1.60. The Kier molecular flexibility index (Phi) is 10.8. The van der Waals surface area contributed by atoms with E-state index in [2.05, 4.69) is 20.8 Å². The number of ether oxygens (including phenoxy) is 2. The van der Waals surface area contributed by atoms with Crippen LogP contribution in [-0.2, 0) is 28.1 Å². The number of amides is 2. The molecule has 266 valence electrons. The Morgan fingerprint density at radius 3 is 2.71 bits per heavy atom. The van der Waals surface area contributed by atoms with Gasteiger partial charge in [0.2, 0.25) is 11.7 Å². The Hall–Kier alpha value is -4.60. The van der Waals surface area contributed by atoms with Gasteiger partial charge in [0.25, 0.3) is 5.91 Å². The van der Waals surface area contributed by atoms with Crippen LogP contribution in [0.4, 0.5) is 28.0 Å². The normalized spacial score (nSPS) is 17.0. The number of benzene rings is 1. The van der Waals surface area contributed by atoms with Crippen LogP contribution in [0.5, 0.6) is 0 Å². The van der Waals surface area contributed by atoms with Crippen molar-refractivity contribution < 1.29 is 41.1 Å². The summed E-state index contributed by atoms with van der Waals surface area (Å²) >= 11 is 0. The second-order valence-electron chi connectivity index (χ2n) is 12.7. The fourth-order valence-corrected chi connectivity index (χ4v) is 5.79. The third-order valence-electron chi connectivity index (χ3n) is 8.38. The Labute approximate surface area is 280 Å². The maximum Gasteiger partial charge on any atom is 0.409 e. The molecule has 16 heteroatoms. The molecule has 4 heterocycles. The first-order valence-corrected chi connectivity index (χ1v) is 16.1. The van der Waals surface area contributed by atoms with Crippen molar-refractivity contribution in [2.45, 2.75) is 77.1 Å². The SMILES string of the molecule is CCCCOC(=O)N1CC[C@H](F)[C@H](Nc2cccc3c2cc(-c2noc(CNC(=O)c4ccn(C(C)(C)COC)c4)n2)n3CC(F)(F)F)C1. The fourth-order valence-electron chi connectivity index (χ4n) is 5.79. The number of carbonyl (C=O) groups is 2. The number of hydrogen-bond donors (Lipinski definition) is 2. The number of anilines is 1. The van der Waals surface area contributed by atoms with Crippen LogP contribution in [0.1, 0.15) is 56.3 Å². The topological polar surface area (TPSA) is 129 Å². The first-order valence-electron chi connectivity index (χ1n) is 16.1. The number of rotatable bonds is 13. The molecule has 1 aromatic carbocycles. The second kappa shape index (κ2) is 14.9. The van der Waals surface area contributed by atoms with Crippen molar-refractivity contribution in [3.63, 3.8) is 0 Å². The molecule has 3 aromatic heterocycles. The Morgan fingerprint density at radius 2 is 1.98 bits per heavy atom. The minimum absolute atomic E-state index is 0.0157. The molecule has 12 nitrogen and oxygen atoms in total. The standard InChI is InChI=1S/C33H41F4N7O5/c1-5-6-14-48-31(46)42-12-11-23(34)25(18-42)39-24-8-7-9-26-22(24)15-27(44(26)19-33(35,36)37)29-40-28(49-41-29)16-38-30(45)21-10-13-43(17-21)32(2,3)20-47-4/h7-10,13,15,17,23,25,39H,5-6,11-12,14,16,18-20H2,1-4H3,(H,38,45)/t23-,25+/m0/s1. The van der Waals surface area contributed by atoms with E-state index in [4.69, 9.17) is 14.0 Å². The lowest BCUT2D eigenvalue weighted by molar-refractivity contribution is -0.139. The Morgan fingerprint density at radius 1 is 1.18 bits per heavy atom. The summed E-state index contributed by atoms with van der Waals surface area (Å²) in [6.07, 6.45) is -1.33. The maximum atomic E-state index is 15.1. The van der Waals surface area contributed by atoms with Gasteiger partial charge in [-0.2, -0.15) is 18.2 Å². The summed E-state index contributed by atoms with van der Waals surface area (Å²) in [6.45, 7) is 5.30. The molecular weight excluding hydrogens is 650 g/mol. The van der Waals surface area contributed by atoms with Crippen LogP contribution >= 0.6 is 0 Å². The zero-order chi connectivity index (χ0) is 35.3. The van der Waals surface area contributed by atoms with E-state index in [9.17, 15) is 22.8 Å². The number of likely N-dealkylation sites (tertiary alicyclic amines) is 1. The molecule has 0 radical (unpaired) electrons. The van der Waals surface area contributed by atoms with Crippen molar-refractivity contribution in [3.05, 3.63) is 54.2 Å². The van der Waals surface area contributed by atoms with Crippen molar-refractivity contribution in [2.75, 3.05) is 38.7 Å². The van der Waals surface area contributed by atoms with Crippen molar-refractivity contribution in [1.29, 1.82) is 0 Å². The minimum atomic E-state index is -4.59. The molecule has 2 atom stereocenters. The second-order valence-corrected chi connectivity index (χ2v) is 12.7. The minimum Gasteiger partial charge on any atom is -0.449 e. The highest BCUT2D eigenvalue weighted by atomic mass is 19.4.